The monoisotopic (exact) mass is 263 g/mol. The van der Waals surface area contributed by atoms with Crippen molar-refractivity contribution in [3.05, 3.63) is 23.9 Å². The summed E-state index contributed by atoms with van der Waals surface area (Å²) >= 11 is 0. The quantitative estimate of drug-likeness (QED) is 0.884. The van der Waals surface area contributed by atoms with E-state index in [0.29, 0.717) is 12.1 Å². The van der Waals surface area contributed by atoms with E-state index in [9.17, 15) is 0 Å². The van der Waals surface area contributed by atoms with E-state index in [1.54, 1.807) is 0 Å². The molecular weight excluding hydrogens is 238 g/mol. The number of nitrogens with one attached hydrogen (secondary N) is 1. The summed E-state index contributed by atoms with van der Waals surface area (Å²) in [5.74, 6) is 0.728. The Hall–Kier alpha value is -1.13. The highest BCUT2D eigenvalue weighted by Crippen LogP contribution is 2.17. The van der Waals surface area contributed by atoms with Crippen LogP contribution >= 0.6 is 0 Å². The van der Waals surface area contributed by atoms with Crippen LogP contribution in [0.3, 0.4) is 0 Å². The SMILES string of the molecule is CNC(C)c1ccc(OCC2CCCCN2C)nc1. The van der Waals surface area contributed by atoms with E-state index in [1.165, 1.54) is 31.4 Å². The van der Waals surface area contributed by atoms with Crippen LogP contribution in [0.1, 0.15) is 37.8 Å². The second-order valence-electron chi connectivity index (χ2n) is 5.38. The van der Waals surface area contributed by atoms with Crippen molar-refractivity contribution in [3.63, 3.8) is 0 Å². The maximum atomic E-state index is 5.81. The van der Waals surface area contributed by atoms with Gasteiger partial charge in [0, 0.05) is 24.3 Å². The van der Waals surface area contributed by atoms with Crippen LogP contribution in [-0.2, 0) is 0 Å². The van der Waals surface area contributed by atoms with Crippen LogP contribution < -0.4 is 10.1 Å². The number of nitrogens with zero attached hydrogens (tertiary/aromatic N) is 2. The van der Waals surface area contributed by atoms with Crippen LogP contribution in [0, 0.1) is 0 Å². The predicted molar refractivity (Wildman–Crippen MR) is 77.5 cm³/mol. The van der Waals surface area contributed by atoms with Gasteiger partial charge in [0.1, 0.15) is 6.61 Å². The molecule has 4 heteroatoms. The van der Waals surface area contributed by atoms with Crippen LogP contribution in [0.5, 0.6) is 5.88 Å². The van der Waals surface area contributed by atoms with Gasteiger partial charge in [0.2, 0.25) is 5.88 Å². The fourth-order valence-corrected chi connectivity index (χ4v) is 2.44. The lowest BCUT2D eigenvalue weighted by Crippen LogP contribution is -2.40. The number of hydrogen-bond donors (Lipinski definition) is 1. The molecule has 19 heavy (non-hydrogen) atoms. The van der Waals surface area contributed by atoms with E-state index in [4.69, 9.17) is 4.74 Å². The minimum absolute atomic E-state index is 0.325. The summed E-state index contributed by atoms with van der Waals surface area (Å²) in [5, 5.41) is 3.20. The molecule has 0 spiro atoms. The molecule has 2 atom stereocenters. The summed E-state index contributed by atoms with van der Waals surface area (Å²) < 4.78 is 5.81. The van der Waals surface area contributed by atoms with Crippen LogP contribution in [0.2, 0.25) is 0 Å². The van der Waals surface area contributed by atoms with E-state index >= 15 is 0 Å². The van der Waals surface area contributed by atoms with E-state index < -0.39 is 0 Å². The van der Waals surface area contributed by atoms with Crippen LogP contribution in [0.4, 0.5) is 0 Å². The Labute approximate surface area is 116 Å². The van der Waals surface area contributed by atoms with Crippen molar-refractivity contribution < 1.29 is 4.74 Å². The average molecular weight is 263 g/mol. The summed E-state index contributed by atoms with van der Waals surface area (Å²) in [6.07, 6.45) is 5.73. The van der Waals surface area contributed by atoms with Gasteiger partial charge in [-0.1, -0.05) is 12.5 Å². The highest BCUT2D eigenvalue weighted by molar-refractivity contribution is 5.20. The number of pyridine rings is 1. The Kier molecular flexibility index (Phi) is 5.16. The zero-order valence-electron chi connectivity index (χ0n) is 12.2. The number of ether oxygens (including phenoxy) is 1. The first-order valence-electron chi connectivity index (χ1n) is 7.17. The summed E-state index contributed by atoms with van der Waals surface area (Å²) in [7, 11) is 4.13. The summed E-state index contributed by atoms with van der Waals surface area (Å²) in [4.78, 5) is 6.77. The van der Waals surface area contributed by atoms with E-state index in [1.807, 2.05) is 19.3 Å². The molecule has 106 valence electrons. The molecule has 2 unspecified atom stereocenters. The first-order valence-corrected chi connectivity index (χ1v) is 7.17. The maximum Gasteiger partial charge on any atom is 0.213 e. The third-order valence-electron chi connectivity index (χ3n) is 4.04. The fraction of sp³-hybridized carbons (Fsp3) is 0.667. The van der Waals surface area contributed by atoms with Gasteiger partial charge in [-0.2, -0.15) is 0 Å². The third-order valence-corrected chi connectivity index (χ3v) is 4.04. The molecule has 4 nitrogen and oxygen atoms in total. The number of aromatic nitrogens is 1. The van der Waals surface area contributed by atoms with Crippen LogP contribution in [0.15, 0.2) is 18.3 Å². The van der Waals surface area contributed by atoms with Gasteiger partial charge in [-0.15, -0.1) is 0 Å². The second-order valence-corrected chi connectivity index (χ2v) is 5.38. The lowest BCUT2D eigenvalue weighted by molar-refractivity contribution is 0.122. The van der Waals surface area contributed by atoms with Gasteiger partial charge in [0.25, 0.3) is 0 Å². The summed E-state index contributed by atoms with van der Waals surface area (Å²) in [6.45, 7) is 4.04. The third kappa shape index (κ3) is 3.91. The van der Waals surface area contributed by atoms with Gasteiger partial charge in [-0.25, -0.2) is 4.98 Å². The molecule has 0 aromatic carbocycles. The number of rotatable bonds is 5. The van der Waals surface area contributed by atoms with Crippen molar-refractivity contribution in [2.75, 3.05) is 27.2 Å². The zero-order valence-corrected chi connectivity index (χ0v) is 12.2. The van der Waals surface area contributed by atoms with Gasteiger partial charge < -0.3 is 15.0 Å². The van der Waals surface area contributed by atoms with E-state index in [0.717, 1.165) is 12.5 Å². The molecule has 0 bridgehead atoms. The molecule has 1 aliphatic rings. The van der Waals surface area contributed by atoms with Gasteiger partial charge >= 0.3 is 0 Å². The Morgan fingerprint density at radius 2 is 2.32 bits per heavy atom. The first kappa shape index (κ1) is 14.3. The van der Waals surface area contributed by atoms with Crippen molar-refractivity contribution >= 4 is 0 Å². The highest BCUT2D eigenvalue weighted by atomic mass is 16.5. The number of likely N-dealkylation sites (tertiary alicyclic amines) is 1. The summed E-state index contributed by atoms with van der Waals surface area (Å²) in [6, 6.07) is 4.90. The lowest BCUT2D eigenvalue weighted by Gasteiger charge is -2.31. The molecule has 2 heterocycles. The Bertz CT molecular complexity index is 379. The molecule has 0 radical (unpaired) electrons. The lowest BCUT2D eigenvalue weighted by atomic mass is 10.0. The standard InChI is InChI=1S/C15H25N3O/c1-12(16-2)13-7-8-15(17-10-13)19-11-14-6-4-5-9-18(14)3/h7-8,10,12,14,16H,4-6,9,11H2,1-3H3. The van der Waals surface area contributed by atoms with Crippen LogP contribution in [0.25, 0.3) is 0 Å². The van der Waals surface area contributed by atoms with E-state index in [2.05, 4.69) is 35.2 Å². The topological polar surface area (TPSA) is 37.4 Å². The molecule has 1 fully saturated rings. The number of likely N-dealkylation sites (N-methyl/N-ethyl adjacent to an activating group) is 1. The zero-order chi connectivity index (χ0) is 13.7. The fourth-order valence-electron chi connectivity index (χ4n) is 2.44. The van der Waals surface area contributed by atoms with Crippen LogP contribution in [-0.4, -0.2) is 43.2 Å². The highest BCUT2D eigenvalue weighted by Gasteiger charge is 2.19. The van der Waals surface area contributed by atoms with Gasteiger partial charge in [0.15, 0.2) is 0 Å². The number of hydrogen-bond acceptors (Lipinski definition) is 4. The maximum absolute atomic E-state index is 5.81. The van der Waals surface area contributed by atoms with Crippen molar-refractivity contribution in [1.82, 2.24) is 15.2 Å². The average Bonchev–Trinajstić information content (AvgIpc) is 2.46. The van der Waals surface area contributed by atoms with Crippen molar-refractivity contribution in [2.45, 2.75) is 38.3 Å². The normalized spacial score (nSPS) is 22.2. The predicted octanol–water partition coefficient (Wildman–Crippen LogP) is 2.23. The molecule has 0 saturated carbocycles. The smallest absolute Gasteiger partial charge is 0.213 e. The van der Waals surface area contributed by atoms with Crippen molar-refractivity contribution in [1.29, 1.82) is 0 Å². The Morgan fingerprint density at radius 1 is 1.47 bits per heavy atom. The molecule has 1 aliphatic heterocycles. The summed E-state index contributed by atoms with van der Waals surface area (Å²) in [5.41, 5.74) is 1.18. The molecular formula is C15H25N3O. The van der Waals surface area contributed by atoms with Crippen molar-refractivity contribution in [2.24, 2.45) is 0 Å². The minimum atomic E-state index is 0.325. The van der Waals surface area contributed by atoms with Crippen molar-refractivity contribution in [3.8, 4) is 5.88 Å². The largest absolute Gasteiger partial charge is 0.476 e. The molecule has 0 amide bonds. The van der Waals surface area contributed by atoms with Gasteiger partial charge in [-0.05, 0) is 46.0 Å². The Balaban J connectivity index is 1.85. The molecule has 1 saturated heterocycles. The van der Waals surface area contributed by atoms with Gasteiger partial charge in [0.05, 0.1) is 0 Å². The van der Waals surface area contributed by atoms with E-state index in [-0.39, 0.29) is 0 Å². The molecule has 1 aromatic heterocycles. The molecule has 1 N–H and O–H groups in total. The van der Waals surface area contributed by atoms with Gasteiger partial charge in [-0.3, -0.25) is 0 Å². The minimum Gasteiger partial charge on any atom is -0.476 e. The first-order chi connectivity index (χ1) is 9.20. The molecule has 2 rings (SSSR count). The number of piperidine rings is 1. The molecule has 1 aromatic rings. The second kappa shape index (κ2) is 6.87. The Morgan fingerprint density at radius 3 is 2.95 bits per heavy atom. The molecule has 0 aliphatic carbocycles.